The van der Waals surface area contributed by atoms with E-state index in [4.69, 9.17) is 21.1 Å². The van der Waals surface area contributed by atoms with Crippen molar-refractivity contribution in [1.29, 1.82) is 0 Å². The van der Waals surface area contributed by atoms with Crippen molar-refractivity contribution in [2.75, 3.05) is 6.61 Å². The predicted octanol–water partition coefficient (Wildman–Crippen LogP) is 4.99. The summed E-state index contributed by atoms with van der Waals surface area (Å²) in [4.78, 5) is 12.3. The minimum atomic E-state index is -0.800. The number of hydrogen-bond acceptors (Lipinski definition) is 6. The molecule has 0 aliphatic rings. The summed E-state index contributed by atoms with van der Waals surface area (Å²) in [5, 5.41) is 9.94. The fourth-order valence-electron chi connectivity index (χ4n) is 2.68. The molecule has 0 fully saturated rings. The number of hydrogen-bond donors (Lipinski definition) is 0. The fourth-order valence-corrected chi connectivity index (χ4v) is 3.77. The lowest BCUT2D eigenvalue weighted by molar-refractivity contribution is -0.145. The molecule has 0 aliphatic carbocycles. The molecule has 2 aromatic carbocycles. The van der Waals surface area contributed by atoms with E-state index < -0.39 is 4.75 Å². The quantitative estimate of drug-likeness (QED) is 0.341. The molecule has 0 unspecified atom stereocenters. The standard InChI is InChI=1S/C22H24ClN3O3S/c1-4-28-20(27)22(2,3)30-21-25-24-19(15-29-18-12-10-17(23)11-13-18)26(21)14-16-8-6-5-7-9-16/h5-13H,4,14-15H2,1-3H3. The molecule has 6 nitrogen and oxygen atoms in total. The maximum atomic E-state index is 12.3. The van der Waals surface area contributed by atoms with E-state index in [0.717, 1.165) is 5.56 Å². The van der Waals surface area contributed by atoms with E-state index >= 15 is 0 Å². The first-order chi connectivity index (χ1) is 14.4. The molecule has 0 spiro atoms. The molecular weight excluding hydrogens is 422 g/mol. The number of aromatic nitrogens is 3. The van der Waals surface area contributed by atoms with Crippen LogP contribution in [0.4, 0.5) is 0 Å². The van der Waals surface area contributed by atoms with Gasteiger partial charge < -0.3 is 9.47 Å². The maximum absolute atomic E-state index is 12.3. The summed E-state index contributed by atoms with van der Waals surface area (Å²) < 4.78 is 12.2. The first-order valence-electron chi connectivity index (χ1n) is 9.59. The fraction of sp³-hybridized carbons (Fsp3) is 0.318. The number of ether oxygens (including phenoxy) is 2. The largest absolute Gasteiger partial charge is 0.486 e. The van der Waals surface area contributed by atoms with E-state index in [-0.39, 0.29) is 12.6 Å². The highest BCUT2D eigenvalue weighted by Crippen LogP contribution is 2.33. The molecular formula is C22H24ClN3O3S. The SMILES string of the molecule is CCOC(=O)C(C)(C)Sc1nnc(COc2ccc(Cl)cc2)n1Cc1ccccc1. The van der Waals surface area contributed by atoms with Crippen molar-refractivity contribution in [2.24, 2.45) is 0 Å². The topological polar surface area (TPSA) is 66.2 Å². The van der Waals surface area contributed by atoms with Crippen molar-refractivity contribution >= 4 is 29.3 Å². The molecule has 0 N–H and O–H groups in total. The molecule has 0 aliphatic heterocycles. The van der Waals surface area contributed by atoms with Gasteiger partial charge in [-0.3, -0.25) is 9.36 Å². The Morgan fingerprint density at radius 1 is 1.10 bits per heavy atom. The molecule has 0 amide bonds. The van der Waals surface area contributed by atoms with Gasteiger partial charge >= 0.3 is 5.97 Å². The summed E-state index contributed by atoms with van der Waals surface area (Å²) in [6.07, 6.45) is 0. The maximum Gasteiger partial charge on any atom is 0.322 e. The van der Waals surface area contributed by atoms with Crippen LogP contribution in [-0.2, 0) is 22.7 Å². The molecule has 0 bridgehead atoms. The number of nitrogens with zero attached hydrogens (tertiary/aromatic N) is 3. The number of esters is 1. The summed E-state index contributed by atoms with van der Waals surface area (Å²) in [6, 6.07) is 17.2. The summed E-state index contributed by atoms with van der Waals surface area (Å²) in [5.41, 5.74) is 1.10. The number of benzene rings is 2. The van der Waals surface area contributed by atoms with Crippen molar-refractivity contribution in [2.45, 2.75) is 43.8 Å². The number of thioether (sulfide) groups is 1. The molecule has 0 radical (unpaired) electrons. The van der Waals surface area contributed by atoms with Gasteiger partial charge in [-0.1, -0.05) is 53.7 Å². The molecule has 158 valence electrons. The Labute approximate surface area is 185 Å². The van der Waals surface area contributed by atoms with Gasteiger partial charge in [0.25, 0.3) is 0 Å². The minimum absolute atomic E-state index is 0.238. The van der Waals surface area contributed by atoms with Crippen LogP contribution in [0, 0.1) is 0 Å². The highest BCUT2D eigenvalue weighted by atomic mass is 35.5. The average molecular weight is 446 g/mol. The third-order valence-corrected chi connectivity index (χ3v) is 5.69. The third-order valence-electron chi connectivity index (χ3n) is 4.27. The van der Waals surface area contributed by atoms with Crippen LogP contribution in [0.15, 0.2) is 59.8 Å². The lowest BCUT2D eigenvalue weighted by Gasteiger charge is -2.21. The van der Waals surface area contributed by atoms with E-state index in [0.29, 0.717) is 34.9 Å². The monoisotopic (exact) mass is 445 g/mol. The van der Waals surface area contributed by atoms with Crippen molar-refractivity contribution in [3.63, 3.8) is 0 Å². The summed E-state index contributed by atoms with van der Waals surface area (Å²) in [7, 11) is 0. The molecule has 8 heteroatoms. The van der Waals surface area contributed by atoms with Gasteiger partial charge in [0.05, 0.1) is 13.2 Å². The zero-order valence-corrected chi connectivity index (χ0v) is 18.7. The molecule has 1 heterocycles. The van der Waals surface area contributed by atoms with Gasteiger partial charge in [-0.25, -0.2) is 0 Å². The van der Waals surface area contributed by atoms with Crippen LogP contribution in [0.25, 0.3) is 0 Å². The average Bonchev–Trinajstić information content (AvgIpc) is 3.09. The van der Waals surface area contributed by atoms with Gasteiger partial charge in [0.1, 0.15) is 17.1 Å². The Hall–Kier alpha value is -2.51. The van der Waals surface area contributed by atoms with Gasteiger partial charge in [-0.2, -0.15) is 0 Å². The van der Waals surface area contributed by atoms with Crippen LogP contribution in [0.2, 0.25) is 5.02 Å². The lowest BCUT2D eigenvalue weighted by Crippen LogP contribution is -2.30. The number of halogens is 1. The summed E-state index contributed by atoms with van der Waals surface area (Å²) in [5.74, 6) is 1.06. The second-order valence-electron chi connectivity index (χ2n) is 7.05. The van der Waals surface area contributed by atoms with Crippen molar-refractivity contribution in [3.05, 3.63) is 71.0 Å². The van der Waals surface area contributed by atoms with Crippen molar-refractivity contribution < 1.29 is 14.3 Å². The van der Waals surface area contributed by atoms with E-state index in [2.05, 4.69) is 10.2 Å². The smallest absolute Gasteiger partial charge is 0.322 e. The van der Waals surface area contributed by atoms with Crippen LogP contribution < -0.4 is 4.74 Å². The van der Waals surface area contributed by atoms with Crippen molar-refractivity contribution in [3.8, 4) is 5.75 Å². The third kappa shape index (κ3) is 5.77. The molecule has 3 aromatic rings. The van der Waals surface area contributed by atoms with Gasteiger partial charge in [-0.15, -0.1) is 10.2 Å². The second-order valence-corrected chi connectivity index (χ2v) is 9.07. The van der Waals surface area contributed by atoms with Gasteiger partial charge in [0.15, 0.2) is 11.0 Å². The van der Waals surface area contributed by atoms with E-state index in [1.165, 1.54) is 11.8 Å². The lowest BCUT2D eigenvalue weighted by atomic mass is 10.2. The summed E-state index contributed by atoms with van der Waals surface area (Å²) in [6.45, 7) is 6.57. The zero-order valence-electron chi connectivity index (χ0n) is 17.2. The van der Waals surface area contributed by atoms with Gasteiger partial charge in [0, 0.05) is 5.02 Å². The number of carbonyl (C=O) groups is 1. The predicted molar refractivity (Wildman–Crippen MR) is 118 cm³/mol. The first kappa shape index (κ1) is 22.2. The number of carbonyl (C=O) groups excluding carboxylic acids is 1. The van der Waals surface area contributed by atoms with Gasteiger partial charge in [0.2, 0.25) is 0 Å². The second kappa shape index (κ2) is 10.00. The molecule has 0 atom stereocenters. The molecule has 0 saturated carbocycles. The van der Waals surface area contributed by atoms with E-state index in [1.807, 2.05) is 48.7 Å². The zero-order chi connectivity index (χ0) is 21.6. The molecule has 30 heavy (non-hydrogen) atoms. The Morgan fingerprint density at radius 3 is 2.47 bits per heavy atom. The first-order valence-corrected chi connectivity index (χ1v) is 10.8. The summed E-state index contributed by atoms with van der Waals surface area (Å²) >= 11 is 7.26. The van der Waals surface area contributed by atoms with Crippen LogP contribution in [0.1, 0.15) is 32.2 Å². The highest BCUT2D eigenvalue weighted by molar-refractivity contribution is 8.01. The van der Waals surface area contributed by atoms with Crippen LogP contribution in [-0.4, -0.2) is 32.1 Å². The highest BCUT2D eigenvalue weighted by Gasteiger charge is 2.33. The number of rotatable bonds is 9. The van der Waals surface area contributed by atoms with E-state index in [9.17, 15) is 4.79 Å². The Kier molecular flexibility index (Phi) is 7.39. The molecule has 1 aromatic heterocycles. The Bertz CT molecular complexity index is 975. The van der Waals surface area contributed by atoms with Crippen LogP contribution in [0.3, 0.4) is 0 Å². The van der Waals surface area contributed by atoms with Crippen molar-refractivity contribution in [1.82, 2.24) is 14.8 Å². The normalized spacial score (nSPS) is 11.3. The van der Waals surface area contributed by atoms with E-state index in [1.54, 1.807) is 31.2 Å². The van der Waals surface area contributed by atoms with Gasteiger partial charge in [-0.05, 0) is 50.6 Å². The Balaban J connectivity index is 1.84. The molecule has 0 saturated heterocycles. The minimum Gasteiger partial charge on any atom is -0.486 e. The van der Waals surface area contributed by atoms with Crippen LogP contribution >= 0.6 is 23.4 Å². The van der Waals surface area contributed by atoms with Crippen LogP contribution in [0.5, 0.6) is 5.75 Å². The Morgan fingerprint density at radius 2 is 1.80 bits per heavy atom. The molecule has 3 rings (SSSR count).